The third-order valence-electron chi connectivity index (χ3n) is 2.97. The van der Waals surface area contributed by atoms with E-state index in [-0.39, 0.29) is 0 Å². The van der Waals surface area contributed by atoms with E-state index in [1.165, 1.54) is 24.0 Å². The summed E-state index contributed by atoms with van der Waals surface area (Å²) >= 11 is 0. The van der Waals surface area contributed by atoms with E-state index in [9.17, 15) is 0 Å². The van der Waals surface area contributed by atoms with Crippen molar-refractivity contribution >= 4 is 0 Å². The molecule has 1 N–H and O–H groups in total. The average Bonchev–Trinajstić information content (AvgIpc) is 3.01. The maximum absolute atomic E-state index is 3.19. The summed E-state index contributed by atoms with van der Waals surface area (Å²) in [5.41, 5.74) is 2.80. The van der Waals surface area contributed by atoms with Crippen LogP contribution in [-0.2, 0) is 13.1 Å². The molecule has 0 atom stereocenters. The summed E-state index contributed by atoms with van der Waals surface area (Å²) < 4.78 is 0. The van der Waals surface area contributed by atoms with E-state index in [1.54, 1.807) is 0 Å². The highest BCUT2D eigenvalue weighted by Crippen LogP contribution is 2.26. The lowest BCUT2D eigenvalue weighted by molar-refractivity contribution is 0.316. The molecule has 0 radical (unpaired) electrons. The minimum absolute atomic E-state index is 0.845. The smallest absolute Gasteiger partial charge is 0.0233 e. The minimum atomic E-state index is 0.845. The van der Waals surface area contributed by atoms with Gasteiger partial charge in [0.05, 0.1) is 0 Å². The molecule has 0 amide bonds. The van der Waals surface area contributed by atoms with Crippen molar-refractivity contribution in [3.63, 3.8) is 0 Å². The molecule has 1 aromatic carbocycles. The zero-order chi connectivity index (χ0) is 10.7. The molecular weight excluding hydrogens is 184 g/mol. The molecule has 1 fully saturated rings. The van der Waals surface area contributed by atoms with Crippen LogP contribution >= 0.6 is 0 Å². The molecule has 82 valence electrons. The van der Waals surface area contributed by atoms with Crippen molar-refractivity contribution in [2.75, 3.05) is 14.1 Å². The van der Waals surface area contributed by atoms with E-state index in [0.29, 0.717) is 0 Å². The summed E-state index contributed by atoms with van der Waals surface area (Å²) in [6.45, 7) is 2.04. The first-order chi connectivity index (χ1) is 7.29. The molecule has 1 aliphatic carbocycles. The second-order valence-corrected chi connectivity index (χ2v) is 4.50. The van der Waals surface area contributed by atoms with Crippen molar-refractivity contribution in [1.29, 1.82) is 0 Å². The molecule has 2 heteroatoms. The van der Waals surface area contributed by atoms with Gasteiger partial charge in [-0.25, -0.2) is 0 Å². The molecule has 0 spiro atoms. The quantitative estimate of drug-likeness (QED) is 0.789. The second kappa shape index (κ2) is 4.77. The normalized spacial score (nSPS) is 15.9. The van der Waals surface area contributed by atoms with Gasteiger partial charge in [0.2, 0.25) is 0 Å². The van der Waals surface area contributed by atoms with Gasteiger partial charge >= 0.3 is 0 Å². The van der Waals surface area contributed by atoms with Gasteiger partial charge in [0.1, 0.15) is 0 Å². The van der Waals surface area contributed by atoms with E-state index in [1.807, 2.05) is 7.05 Å². The van der Waals surface area contributed by atoms with Gasteiger partial charge in [0.15, 0.2) is 0 Å². The molecule has 1 aromatic rings. The number of nitrogens with one attached hydrogen (secondary N) is 1. The Hall–Kier alpha value is -0.860. The summed E-state index contributed by atoms with van der Waals surface area (Å²) in [4.78, 5) is 2.46. The van der Waals surface area contributed by atoms with Crippen molar-refractivity contribution in [3.8, 4) is 0 Å². The van der Waals surface area contributed by atoms with E-state index in [2.05, 4.69) is 41.5 Å². The highest BCUT2D eigenvalue weighted by Gasteiger charge is 2.25. The van der Waals surface area contributed by atoms with Gasteiger partial charge in [-0.15, -0.1) is 0 Å². The molecule has 1 aliphatic rings. The lowest BCUT2D eigenvalue weighted by atomic mass is 10.1. The Kier molecular flexibility index (Phi) is 3.39. The van der Waals surface area contributed by atoms with Crippen LogP contribution in [0.15, 0.2) is 24.3 Å². The first-order valence-corrected chi connectivity index (χ1v) is 5.72. The minimum Gasteiger partial charge on any atom is -0.316 e. The fourth-order valence-corrected chi connectivity index (χ4v) is 1.97. The van der Waals surface area contributed by atoms with Gasteiger partial charge in [0.25, 0.3) is 0 Å². The predicted molar refractivity (Wildman–Crippen MR) is 63.7 cm³/mol. The Bertz CT molecular complexity index is 318. The molecule has 2 nitrogen and oxygen atoms in total. The highest BCUT2D eigenvalue weighted by molar-refractivity contribution is 5.23. The first kappa shape index (κ1) is 10.7. The van der Waals surface area contributed by atoms with Crippen molar-refractivity contribution in [1.82, 2.24) is 10.2 Å². The number of nitrogens with zero attached hydrogens (tertiary/aromatic N) is 1. The summed E-state index contributed by atoms with van der Waals surface area (Å²) in [5, 5.41) is 3.19. The zero-order valence-corrected chi connectivity index (χ0v) is 9.66. The van der Waals surface area contributed by atoms with Crippen LogP contribution in [0.3, 0.4) is 0 Å². The highest BCUT2D eigenvalue weighted by atomic mass is 15.1. The molecule has 0 bridgehead atoms. The number of hydrogen-bond donors (Lipinski definition) is 1. The van der Waals surface area contributed by atoms with E-state index < -0.39 is 0 Å². The second-order valence-electron chi connectivity index (χ2n) is 4.50. The van der Waals surface area contributed by atoms with Crippen LogP contribution in [0.2, 0.25) is 0 Å². The fraction of sp³-hybridized carbons (Fsp3) is 0.538. The van der Waals surface area contributed by atoms with Crippen molar-refractivity contribution in [2.24, 2.45) is 0 Å². The summed E-state index contributed by atoms with van der Waals surface area (Å²) in [5.74, 6) is 0. The Morgan fingerprint density at radius 3 is 2.73 bits per heavy atom. The van der Waals surface area contributed by atoms with Crippen LogP contribution < -0.4 is 5.32 Å². The van der Waals surface area contributed by atoms with Crippen LogP contribution in [-0.4, -0.2) is 25.0 Å². The average molecular weight is 204 g/mol. The Balaban J connectivity index is 1.97. The number of benzene rings is 1. The molecule has 0 heterocycles. The Morgan fingerprint density at radius 1 is 1.33 bits per heavy atom. The van der Waals surface area contributed by atoms with Crippen LogP contribution in [0.1, 0.15) is 24.0 Å². The fourth-order valence-electron chi connectivity index (χ4n) is 1.97. The number of rotatable bonds is 5. The Morgan fingerprint density at radius 2 is 2.07 bits per heavy atom. The summed E-state index contributed by atoms with van der Waals surface area (Å²) in [6.07, 6.45) is 2.76. The maximum atomic E-state index is 3.19. The van der Waals surface area contributed by atoms with Gasteiger partial charge < -0.3 is 5.32 Å². The standard InChI is InChI=1S/C13H20N2/c1-14-9-11-4-3-5-12(8-11)10-15(2)13-6-7-13/h3-5,8,13-14H,6-7,9-10H2,1-2H3. The van der Waals surface area contributed by atoms with E-state index >= 15 is 0 Å². The third-order valence-corrected chi connectivity index (χ3v) is 2.97. The van der Waals surface area contributed by atoms with E-state index in [0.717, 1.165) is 19.1 Å². The summed E-state index contributed by atoms with van der Waals surface area (Å²) in [6, 6.07) is 9.70. The molecule has 0 aliphatic heterocycles. The van der Waals surface area contributed by atoms with Crippen LogP contribution in [0.4, 0.5) is 0 Å². The van der Waals surface area contributed by atoms with E-state index in [4.69, 9.17) is 0 Å². The summed E-state index contributed by atoms with van der Waals surface area (Å²) in [7, 11) is 4.21. The van der Waals surface area contributed by atoms with Gasteiger partial charge in [-0.05, 0) is 38.1 Å². The lowest BCUT2D eigenvalue weighted by Crippen LogP contribution is -2.20. The zero-order valence-electron chi connectivity index (χ0n) is 9.66. The van der Waals surface area contributed by atoms with Gasteiger partial charge in [-0.3, -0.25) is 4.90 Å². The predicted octanol–water partition coefficient (Wildman–Crippen LogP) is 2.00. The molecular formula is C13H20N2. The maximum Gasteiger partial charge on any atom is 0.0233 e. The van der Waals surface area contributed by atoms with Crippen LogP contribution in [0, 0.1) is 0 Å². The SMILES string of the molecule is CNCc1cccc(CN(C)C2CC2)c1. The molecule has 1 saturated carbocycles. The van der Waals surface area contributed by atoms with Crippen LogP contribution in [0.5, 0.6) is 0 Å². The number of hydrogen-bond acceptors (Lipinski definition) is 2. The molecule has 0 unspecified atom stereocenters. The van der Waals surface area contributed by atoms with Crippen LogP contribution in [0.25, 0.3) is 0 Å². The molecule has 15 heavy (non-hydrogen) atoms. The molecule has 0 aromatic heterocycles. The molecule has 0 saturated heterocycles. The third kappa shape index (κ3) is 3.05. The largest absolute Gasteiger partial charge is 0.316 e. The van der Waals surface area contributed by atoms with Gasteiger partial charge in [0, 0.05) is 19.1 Å². The van der Waals surface area contributed by atoms with Crippen molar-refractivity contribution < 1.29 is 0 Å². The Labute approximate surface area is 92.3 Å². The van der Waals surface area contributed by atoms with Gasteiger partial charge in [-0.2, -0.15) is 0 Å². The monoisotopic (exact) mass is 204 g/mol. The molecule has 2 rings (SSSR count). The van der Waals surface area contributed by atoms with Gasteiger partial charge in [-0.1, -0.05) is 24.3 Å². The van der Waals surface area contributed by atoms with Crippen molar-refractivity contribution in [3.05, 3.63) is 35.4 Å². The lowest BCUT2D eigenvalue weighted by Gasteiger charge is -2.16. The topological polar surface area (TPSA) is 15.3 Å². The van der Waals surface area contributed by atoms with Crippen molar-refractivity contribution in [2.45, 2.75) is 32.0 Å². The first-order valence-electron chi connectivity index (χ1n) is 5.72.